The van der Waals surface area contributed by atoms with Crippen LogP contribution in [0.5, 0.6) is 0 Å². The summed E-state index contributed by atoms with van der Waals surface area (Å²) in [5.41, 5.74) is 8.49. The minimum absolute atomic E-state index is 0.125. The zero-order valence-electron chi connectivity index (χ0n) is 13.5. The smallest absolute Gasteiger partial charge is 0.226 e. The maximum absolute atomic E-state index is 13.5. The highest BCUT2D eigenvalue weighted by molar-refractivity contribution is 5.79. The molecule has 1 aliphatic heterocycles. The van der Waals surface area contributed by atoms with E-state index >= 15 is 0 Å². The van der Waals surface area contributed by atoms with Gasteiger partial charge in [0.2, 0.25) is 5.91 Å². The van der Waals surface area contributed by atoms with E-state index in [1.807, 2.05) is 11.0 Å². The molecule has 3 nitrogen and oxygen atoms in total. The number of halogens is 1. The molecule has 1 aromatic carbocycles. The summed E-state index contributed by atoms with van der Waals surface area (Å²) in [6.45, 7) is 1.32. The molecule has 2 bridgehead atoms. The van der Waals surface area contributed by atoms with E-state index in [0.29, 0.717) is 24.4 Å². The molecule has 4 heteroatoms. The van der Waals surface area contributed by atoms with E-state index in [-0.39, 0.29) is 17.6 Å². The van der Waals surface area contributed by atoms with Crippen LogP contribution in [0.3, 0.4) is 0 Å². The predicted molar refractivity (Wildman–Crippen MR) is 87.1 cm³/mol. The van der Waals surface area contributed by atoms with E-state index in [2.05, 4.69) is 0 Å². The van der Waals surface area contributed by atoms with Crippen molar-refractivity contribution in [1.29, 1.82) is 0 Å². The van der Waals surface area contributed by atoms with Gasteiger partial charge >= 0.3 is 0 Å². The van der Waals surface area contributed by atoms with E-state index in [1.54, 1.807) is 6.07 Å². The Bertz CT molecular complexity index is 603. The van der Waals surface area contributed by atoms with E-state index in [0.717, 1.165) is 31.4 Å². The minimum atomic E-state index is -0.212. The summed E-state index contributed by atoms with van der Waals surface area (Å²) in [5.74, 6) is 1.22. The zero-order chi connectivity index (χ0) is 16.0. The quantitative estimate of drug-likeness (QED) is 0.866. The number of fused-ring (bicyclic) bond motifs is 3. The highest BCUT2D eigenvalue weighted by atomic mass is 19.1. The number of nitrogens with zero attached hydrogens (tertiary/aromatic N) is 1. The van der Waals surface area contributed by atoms with Crippen LogP contribution in [0.25, 0.3) is 0 Å². The average Bonchev–Trinajstić information content (AvgIpc) is 2.53. The third-order valence-corrected chi connectivity index (χ3v) is 6.25. The van der Waals surface area contributed by atoms with E-state index in [1.165, 1.54) is 30.9 Å². The first-order valence-electron chi connectivity index (χ1n) is 8.93. The van der Waals surface area contributed by atoms with Gasteiger partial charge in [-0.25, -0.2) is 4.39 Å². The van der Waals surface area contributed by atoms with E-state index in [9.17, 15) is 9.18 Å². The molecule has 1 amide bonds. The molecule has 0 spiro atoms. The average molecular weight is 316 g/mol. The first kappa shape index (κ1) is 15.1. The topological polar surface area (TPSA) is 46.3 Å². The first-order valence-corrected chi connectivity index (χ1v) is 8.93. The van der Waals surface area contributed by atoms with Crippen molar-refractivity contribution in [3.63, 3.8) is 0 Å². The molecule has 0 aromatic heterocycles. The van der Waals surface area contributed by atoms with E-state index < -0.39 is 0 Å². The van der Waals surface area contributed by atoms with Crippen molar-refractivity contribution in [2.24, 2.45) is 23.5 Å². The summed E-state index contributed by atoms with van der Waals surface area (Å²) in [7, 11) is 0. The number of rotatable bonds is 1. The van der Waals surface area contributed by atoms with Crippen molar-refractivity contribution >= 4 is 5.91 Å². The van der Waals surface area contributed by atoms with Crippen molar-refractivity contribution in [3.05, 3.63) is 35.1 Å². The fourth-order valence-corrected chi connectivity index (χ4v) is 4.96. The number of benzene rings is 1. The lowest BCUT2D eigenvalue weighted by Gasteiger charge is -2.45. The SMILES string of the molecule is NC1C2CCCC1CC(C(=O)N1CCc3ccc(F)cc3C1)C2. The molecule has 2 atom stereocenters. The highest BCUT2D eigenvalue weighted by Crippen LogP contribution is 2.42. The second-order valence-corrected chi connectivity index (χ2v) is 7.62. The first-order chi connectivity index (χ1) is 11.1. The van der Waals surface area contributed by atoms with Gasteiger partial charge in [0.25, 0.3) is 0 Å². The van der Waals surface area contributed by atoms with Crippen LogP contribution in [0.15, 0.2) is 18.2 Å². The second kappa shape index (κ2) is 5.90. The molecule has 4 rings (SSSR count). The molecule has 1 heterocycles. The van der Waals surface area contributed by atoms with Crippen LogP contribution in [0.2, 0.25) is 0 Å². The van der Waals surface area contributed by atoms with Gasteiger partial charge in [0.15, 0.2) is 0 Å². The Morgan fingerprint density at radius 1 is 1.17 bits per heavy atom. The Morgan fingerprint density at radius 3 is 2.65 bits per heavy atom. The van der Waals surface area contributed by atoms with Crippen molar-refractivity contribution in [1.82, 2.24) is 4.90 Å². The van der Waals surface area contributed by atoms with Crippen LogP contribution in [-0.2, 0) is 17.8 Å². The number of hydrogen-bond donors (Lipinski definition) is 1. The number of amides is 1. The van der Waals surface area contributed by atoms with Gasteiger partial charge in [0.1, 0.15) is 5.82 Å². The van der Waals surface area contributed by atoms with Gasteiger partial charge in [0, 0.05) is 25.0 Å². The number of hydrogen-bond acceptors (Lipinski definition) is 2. The summed E-state index contributed by atoms with van der Waals surface area (Å²) in [5, 5.41) is 0. The van der Waals surface area contributed by atoms with Gasteiger partial charge in [-0.3, -0.25) is 4.79 Å². The molecular weight excluding hydrogens is 291 g/mol. The molecule has 124 valence electrons. The third-order valence-electron chi connectivity index (χ3n) is 6.25. The van der Waals surface area contributed by atoms with Gasteiger partial charge < -0.3 is 10.6 Å². The molecule has 2 N–H and O–H groups in total. The summed E-state index contributed by atoms with van der Waals surface area (Å²) in [4.78, 5) is 14.9. The maximum atomic E-state index is 13.5. The number of nitrogens with two attached hydrogens (primary N) is 1. The monoisotopic (exact) mass is 316 g/mol. The minimum Gasteiger partial charge on any atom is -0.338 e. The fourth-order valence-electron chi connectivity index (χ4n) is 4.96. The third kappa shape index (κ3) is 2.78. The fraction of sp³-hybridized carbons (Fsp3) is 0.632. The van der Waals surface area contributed by atoms with Crippen LogP contribution in [0.4, 0.5) is 4.39 Å². The Kier molecular flexibility index (Phi) is 3.88. The summed E-state index contributed by atoms with van der Waals surface area (Å²) < 4.78 is 13.5. The molecule has 0 saturated heterocycles. The Balaban J connectivity index is 1.48. The molecule has 2 fully saturated rings. The van der Waals surface area contributed by atoms with Crippen LogP contribution in [-0.4, -0.2) is 23.4 Å². The molecular formula is C19H25FN2O. The highest BCUT2D eigenvalue weighted by Gasteiger charge is 2.41. The number of carbonyl (C=O) groups excluding carboxylic acids is 1. The molecule has 1 aromatic rings. The molecule has 2 saturated carbocycles. The van der Waals surface area contributed by atoms with Crippen molar-refractivity contribution in [2.45, 2.75) is 51.1 Å². The molecule has 2 aliphatic carbocycles. The summed E-state index contributed by atoms with van der Waals surface area (Å²) in [6.07, 6.45) is 6.34. The normalized spacial score (nSPS) is 33.2. The van der Waals surface area contributed by atoms with Crippen molar-refractivity contribution in [3.8, 4) is 0 Å². The van der Waals surface area contributed by atoms with Gasteiger partial charge in [-0.05, 0) is 67.2 Å². The summed E-state index contributed by atoms with van der Waals surface area (Å²) >= 11 is 0. The van der Waals surface area contributed by atoms with Gasteiger partial charge in [-0.2, -0.15) is 0 Å². The van der Waals surface area contributed by atoms with Crippen LogP contribution in [0.1, 0.15) is 43.2 Å². The van der Waals surface area contributed by atoms with Gasteiger partial charge in [-0.1, -0.05) is 12.5 Å². The predicted octanol–water partition coefficient (Wildman–Crippen LogP) is 2.86. The summed E-state index contributed by atoms with van der Waals surface area (Å²) in [6, 6.07) is 5.25. The van der Waals surface area contributed by atoms with Crippen LogP contribution < -0.4 is 5.73 Å². The number of carbonyl (C=O) groups is 1. The Morgan fingerprint density at radius 2 is 1.91 bits per heavy atom. The standard InChI is InChI=1S/C19H25FN2O/c20-17-5-4-12-6-7-22(11-16(12)10-17)19(23)15-8-13-2-1-3-14(9-15)18(13)21/h4-5,10,13-15,18H,1-3,6-9,11,21H2. The van der Waals surface area contributed by atoms with Crippen molar-refractivity contribution in [2.75, 3.05) is 6.54 Å². The second-order valence-electron chi connectivity index (χ2n) is 7.62. The molecule has 23 heavy (non-hydrogen) atoms. The van der Waals surface area contributed by atoms with E-state index in [4.69, 9.17) is 5.73 Å². The van der Waals surface area contributed by atoms with Crippen LogP contribution >= 0.6 is 0 Å². The zero-order valence-corrected chi connectivity index (χ0v) is 13.5. The van der Waals surface area contributed by atoms with Gasteiger partial charge in [-0.15, -0.1) is 0 Å². The lowest BCUT2D eigenvalue weighted by molar-refractivity contribution is -0.139. The molecule has 0 radical (unpaired) electrons. The van der Waals surface area contributed by atoms with Gasteiger partial charge in [0.05, 0.1) is 0 Å². The molecule has 3 aliphatic rings. The Labute approximate surface area is 137 Å². The Hall–Kier alpha value is -1.42. The van der Waals surface area contributed by atoms with Crippen LogP contribution in [0, 0.1) is 23.6 Å². The van der Waals surface area contributed by atoms with Crippen molar-refractivity contribution < 1.29 is 9.18 Å². The maximum Gasteiger partial charge on any atom is 0.226 e. The largest absolute Gasteiger partial charge is 0.338 e. The lowest BCUT2D eigenvalue weighted by atomic mass is 9.65. The molecule has 2 unspecified atom stereocenters. The lowest BCUT2D eigenvalue weighted by Crippen LogP contribution is -2.50.